The molecular weight excluding hydrogens is 284 g/mol. The van der Waals surface area contributed by atoms with E-state index < -0.39 is 21.5 Å². The fraction of sp³-hybridized carbons (Fsp3) is 0.417. The number of benzene rings is 1. The van der Waals surface area contributed by atoms with Gasteiger partial charge in [0.2, 0.25) is 10.0 Å². The molecule has 1 rings (SSSR count). The topological polar surface area (TPSA) is 130 Å². The third kappa shape index (κ3) is 4.19. The van der Waals surface area contributed by atoms with Crippen molar-refractivity contribution in [3.8, 4) is 0 Å². The summed E-state index contributed by atoms with van der Waals surface area (Å²) in [7, 11) is -3.96. The first-order chi connectivity index (χ1) is 9.07. The Kier molecular flexibility index (Phi) is 4.74. The van der Waals surface area contributed by atoms with Crippen molar-refractivity contribution in [1.29, 1.82) is 0 Å². The molecule has 1 aromatic carbocycles. The highest BCUT2D eigenvalue weighted by molar-refractivity contribution is 7.89. The summed E-state index contributed by atoms with van der Waals surface area (Å²) >= 11 is 0. The number of hydrogen-bond donors (Lipinski definition) is 4. The molecule has 0 aliphatic heterocycles. The van der Waals surface area contributed by atoms with Crippen LogP contribution in [0.4, 0.5) is 5.69 Å². The van der Waals surface area contributed by atoms with Crippen molar-refractivity contribution >= 4 is 21.7 Å². The van der Waals surface area contributed by atoms with Crippen LogP contribution in [0.15, 0.2) is 23.1 Å². The monoisotopic (exact) mass is 302 g/mol. The van der Waals surface area contributed by atoms with Crippen LogP contribution in [0.25, 0.3) is 0 Å². The van der Waals surface area contributed by atoms with Crippen molar-refractivity contribution in [1.82, 2.24) is 0 Å². The van der Waals surface area contributed by atoms with Gasteiger partial charge in [0, 0.05) is 17.8 Å². The number of carbonyl (C=O) groups is 1. The van der Waals surface area contributed by atoms with E-state index in [-0.39, 0.29) is 22.8 Å². The van der Waals surface area contributed by atoms with Gasteiger partial charge in [-0.2, -0.15) is 0 Å². The zero-order valence-electron chi connectivity index (χ0n) is 11.3. The number of hydrogen-bond acceptors (Lipinski definition) is 5. The Morgan fingerprint density at radius 3 is 2.45 bits per heavy atom. The minimum Gasteiger partial charge on any atom is -0.478 e. The molecule has 7 nitrogen and oxygen atoms in total. The van der Waals surface area contributed by atoms with Crippen LogP contribution in [0.5, 0.6) is 0 Å². The molecule has 0 heterocycles. The molecule has 0 radical (unpaired) electrons. The maximum Gasteiger partial charge on any atom is 0.337 e. The molecule has 0 fully saturated rings. The summed E-state index contributed by atoms with van der Waals surface area (Å²) in [5.41, 5.74) is -0.465. The van der Waals surface area contributed by atoms with Gasteiger partial charge in [0.25, 0.3) is 0 Å². The van der Waals surface area contributed by atoms with Crippen LogP contribution in [0, 0.1) is 0 Å². The van der Waals surface area contributed by atoms with Crippen LogP contribution in [-0.2, 0) is 10.0 Å². The fourth-order valence-corrected chi connectivity index (χ4v) is 2.23. The maximum atomic E-state index is 11.2. The van der Waals surface area contributed by atoms with Crippen LogP contribution in [0.1, 0.15) is 30.6 Å². The van der Waals surface area contributed by atoms with Crippen molar-refractivity contribution in [3.05, 3.63) is 23.8 Å². The highest BCUT2D eigenvalue weighted by atomic mass is 32.2. The Labute approximate surface area is 117 Å². The molecule has 0 aromatic heterocycles. The normalized spacial score (nSPS) is 12.2. The van der Waals surface area contributed by atoms with Crippen molar-refractivity contribution in [2.24, 2.45) is 5.14 Å². The van der Waals surface area contributed by atoms with Gasteiger partial charge in [-0.25, -0.2) is 18.4 Å². The third-order valence-electron chi connectivity index (χ3n) is 2.76. The van der Waals surface area contributed by atoms with Gasteiger partial charge in [-0.3, -0.25) is 0 Å². The average Bonchev–Trinajstić information content (AvgIpc) is 2.26. The number of carboxylic acids is 1. The summed E-state index contributed by atoms with van der Waals surface area (Å²) < 4.78 is 22.5. The summed E-state index contributed by atoms with van der Waals surface area (Å²) in [6.07, 6.45) is 0.406. The molecule has 0 aliphatic carbocycles. The van der Waals surface area contributed by atoms with Crippen molar-refractivity contribution in [2.75, 3.05) is 11.9 Å². The maximum absolute atomic E-state index is 11.2. The predicted molar refractivity (Wildman–Crippen MR) is 74.2 cm³/mol. The standard InChI is InChI=1S/C12H18N2O5S/c1-12(2,5-6-15)14-10-4-3-8(20(13,18)19)7-9(10)11(16)17/h3-4,7,14-15H,5-6H2,1-2H3,(H,16,17)(H2,13,18,19). The predicted octanol–water partition coefficient (Wildman–Crippen LogP) is 0.605. The number of nitrogens with one attached hydrogen (secondary N) is 1. The molecule has 112 valence electrons. The number of rotatable bonds is 6. The summed E-state index contributed by atoms with van der Waals surface area (Å²) in [5.74, 6) is -1.27. The van der Waals surface area contributed by atoms with Crippen LogP contribution in [-0.4, -0.2) is 36.7 Å². The van der Waals surface area contributed by atoms with Crippen LogP contribution < -0.4 is 10.5 Å². The van der Waals surface area contributed by atoms with Crippen molar-refractivity contribution in [2.45, 2.75) is 30.7 Å². The summed E-state index contributed by atoms with van der Waals surface area (Å²) in [6, 6.07) is 3.59. The second kappa shape index (κ2) is 5.78. The van der Waals surface area contributed by atoms with Gasteiger partial charge in [-0.05, 0) is 38.5 Å². The second-order valence-corrected chi connectivity index (χ2v) is 6.60. The molecule has 8 heteroatoms. The first-order valence-corrected chi connectivity index (χ1v) is 7.41. The smallest absolute Gasteiger partial charge is 0.337 e. The number of nitrogens with two attached hydrogens (primary N) is 1. The lowest BCUT2D eigenvalue weighted by Crippen LogP contribution is -2.32. The first-order valence-electron chi connectivity index (χ1n) is 5.86. The Hall–Kier alpha value is -1.64. The Balaban J connectivity index is 3.25. The van der Waals surface area contributed by atoms with E-state index >= 15 is 0 Å². The molecule has 0 spiro atoms. The average molecular weight is 302 g/mol. The number of primary sulfonamides is 1. The lowest BCUT2D eigenvalue weighted by Gasteiger charge is -2.27. The number of anilines is 1. The van der Waals surface area contributed by atoms with Gasteiger partial charge >= 0.3 is 5.97 Å². The van der Waals surface area contributed by atoms with Crippen LogP contribution in [0.2, 0.25) is 0 Å². The number of aliphatic hydroxyl groups is 1. The summed E-state index contributed by atoms with van der Waals surface area (Å²) in [5, 5.41) is 26.1. The number of sulfonamides is 1. The van der Waals surface area contributed by atoms with Gasteiger partial charge < -0.3 is 15.5 Å². The molecular formula is C12H18N2O5S. The van der Waals surface area contributed by atoms with Gasteiger partial charge in [0.05, 0.1) is 10.5 Å². The van der Waals surface area contributed by atoms with E-state index in [2.05, 4.69) is 5.32 Å². The van der Waals surface area contributed by atoms with E-state index in [1.807, 2.05) is 0 Å². The molecule has 0 saturated carbocycles. The number of aromatic carboxylic acids is 1. The van der Waals surface area contributed by atoms with Crippen LogP contribution >= 0.6 is 0 Å². The Bertz CT molecular complexity index is 610. The van der Waals surface area contributed by atoms with Gasteiger partial charge in [0.15, 0.2) is 0 Å². The lowest BCUT2D eigenvalue weighted by atomic mass is 10.00. The van der Waals surface area contributed by atoms with E-state index in [4.69, 9.17) is 15.4 Å². The van der Waals surface area contributed by atoms with E-state index in [0.717, 1.165) is 6.07 Å². The zero-order chi connectivity index (χ0) is 15.6. The summed E-state index contributed by atoms with van der Waals surface area (Å²) in [4.78, 5) is 11.0. The lowest BCUT2D eigenvalue weighted by molar-refractivity contribution is 0.0697. The molecule has 0 amide bonds. The van der Waals surface area contributed by atoms with E-state index in [1.165, 1.54) is 12.1 Å². The highest BCUT2D eigenvalue weighted by Gasteiger charge is 2.21. The first kappa shape index (κ1) is 16.4. The van der Waals surface area contributed by atoms with E-state index in [0.29, 0.717) is 6.42 Å². The van der Waals surface area contributed by atoms with Crippen LogP contribution in [0.3, 0.4) is 0 Å². The zero-order valence-corrected chi connectivity index (χ0v) is 12.1. The largest absolute Gasteiger partial charge is 0.478 e. The summed E-state index contributed by atoms with van der Waals surface area (Å²) in [6.45, 7) is 3.53. The third-order valence-corrected chi connectivity index (χ3v) is 3.67. The molecule has 5 N–H and O–H groups in total. The molecule has 0 bridgehead atoms. The molecule has 0 unspecified atom stereocenters. The molecule has 1 aromatic rings. The molecule has 0 aliphatic rings. The minimum atomic E-state index is -3.96. The fourth-order valence-electron chi connectivity index (χ4n) is 1.69. The van der Waals surface area contributed by atoms with E-state index in [9.17, 15) is 13.2 Å². The Morgan fingerprint density at radius 1 is 1.40 bits per heavy atom. The molecule has 20 heavy (non-hydrogen) atoms. The highest BCUT2D eigenvalue weighted by Crippen LogP contribution is 2.24. The van der Waals surface area contributed by atoms with Gasteiger partial charge in [-0.15, -0.1) is 0 Å². The number of carboxylic acid groups (broad SMARTS) is 1. The molecule has 0 atom stereocenters. The van der Waals surface area contributed by atoms with Gasteiger partial charge in [-0.1, -0.05) is 0 Å². The van der Waals surface area contributed by atoms with Crippen molar-refractivity contribution < 1.29 is 23.4 Å². The quantitative estimate of drug-likeness (QED) is 0.609. The van der Waals surface area contributed by atoms with Gasteiger partial charge in [0.1, 0.15) is 0 Å². The van der Waals surface area contributed by atoms with E-state index in [1.54, 1.807) is 13.8 Å². The molecule has 0 saturated heterocycles. The minimum absolute atomic E-state index is 0.0579. The van der Waals surface area contributed by atoms with Crippen molar-refractivity contribution in [3.63, 3.8) is 0 Å². The Morgan fingerprint density at radius 2 is 2.00 bits per heavy atom. The SMILES string of the molecule is CC(C)(CCO)Nc1ccc(S(N)(=O)=O)cc1C(=O)O. The second-order valence-electron chi connectivity index (χ2n) is 5.04. The number of aliphatic hydroxyl groups excluding tert-OH is 1.